The van der Waals surface area contributed by atoms with Crippen LogP contribution in [0.4, 0.5) is 10.3 Å². The van der Waals surface area contributed by atoms with E-state index in [-0.39, 0.29) is 29.5 Å². The number of nitrogens with one attached hydrogen (secondary N) is 1. The molecule has 1 heterocycles. The number of benzene rings is 3. The number of imidazole rings is 1. The maximum atomic E-state index is 13.8. The molecule has 36 heavy (non-hydrogen) atoms. The molecule has 6 nitrogen and oxygen atoms in total. The zero-order chi connectivity index (χ0) is 25.8. The molecule has 0 aliphatic rings. The third-order valence-corrected chi connectivity index (χ3v) is 5.99. The number of carbonyl (C=O) groups excluding carboxylic acids is 2. The summed E-state index contributed by atoms with van der Waals surface area (Å²) in [5.74, 6) is -0.966. The summed E-state index contributed by atoms with van der Waals surface area (Å²) in [6.07, 6.45) is 1.74. The van der Waals surface area contributed by atoms with Crippen molar-refractivity contribution < 1.29 is 14.0 Å². The van der Waals surface area contributed by atoms with Crippen LogP contribution >= 0.6 is 11.6 Å². The van der Waals surface area contributed by atoms with Gasteiger partial charge in [0.05, 0.1) is 16.4 Å². The van der Waals surface area contributed by atoms with Crippen LogP contribution in [0.3, 0.4) is 0 Å². The van der Waals surface area contributed by atoms with E-state index in [1.165, 1.54) is 17.0 Å². The smallest absolute Gasteiger partial charge is 0.254 e. The number of aryl methyl sites for hydroxylation is 1. The molecule has 8 heteroatoms. The van der Waals surface area contributed by atoms with Crippen molar-refractivity contribution in [1.82, 2.24) is 14.5 Å². The molecule has 0 saturated heterocycles. The van der Waals surface area contributed by atoms with Crippen LogP contribution in [0.2, 0.25) is 5.02 Å². The maximum Gasteiger partial charge on any atom is 0.254 e. The van der Waals surface area contributed by atoms with Crippen molar-refractivity contribution >= 4 is 29.4 Å². The van der Waals surface area contributed by atoms with Crippen molar-refractivity contribution in [3.8, 4) is 16.9 Å². The summed E-state index contributed by atoms with van der Waals surface area (Å²) in [6.45, 7) is 5.49. The fourth-order valence-electron chi connectivity index (χ4n) is 3.72. The molecule has 184 valence electrons. The molecule has 0 atom stereocenters. The number of rotatable bonds is 7. The first-order chi connectivity index (χ1) is 17.2. The van der Waals surface area contributed by atoms with Crippen LogP contribution in [0.1, 0.15) is 29.8 Å². The normalized spacial score (nSPS) is 10.9. The van der Waals surface area contributed by atoms with Gasteiger partial charge in [0.15, 0.2) is 0 Å². The van der Waals surface area contributed by atoms with Gasteiger partial charge in [0.1, 0.15) is 12.4 Å². The Morgan fingerprint density at radius 2 is 1.75 bits per heavy atom. The van der Waals surface area contributed by atoms with Gasteiger partial charge in [0, 0.05) is 23.4 Å². The van der Waals surface area contributed by atoms with E-state index in [1.807, 2.05) is 63.2 Å². The van der Waals surface area contributed by atoms with Gasteiger partial charge in [-0.1, -0.05) is 59.6 Å². The predicted molar refractivity (Wildman–Crippen MR) is 140 cm³/mol. The Bertz CT molecular complexity index is 1380. The van der Waals surface area contributed by atoms with Crippen molar-refractivity contribution in [2.75, 3.05) is 11.9 Å². The molecule has 4 rings (SSSR count). The van der Waals surface area contributed by atoms with Crippen LogP contribution in [0.25, 0.3) is 16.9 Å². The van der Waals surface area contributed by atoms with E-state index in [9.17, 15) is 14.0 Å². The highest BCUT2D eigenvalue weighted by atomic mass is 35.5. The Morgan fingerprint density at radius 1 is 1.06 bits per heavy atom. The number of aromatic nitrogens is 2. The van der Waals surface area contributed by atoms with Gasteiger partial charge in [0.25, 0.3) is 5.91 Å². The Morgan fingerprint density at radius 3 is 2.39 bits per heavy atom. The Kier molecular flexibility index (Phi) is 7.50. The third kappa shape index (κ3) is 5.63. The average Bonchev–Trinajstić information content (AvgIpc) is 3.28. The average molecular weight is 505 g/mol. The highest BCUT2D eigenvalue weighted by molar-refractivity contribution is 6.30. The van der Waals surface area contributed by atoms with Crippen molar-refractivity contribution in [1.29, 1.82) is 0 Å². The van der Waals surface area contributed by atoms with Crippen LogP contribution < -0.4 is 5.32 Å². The number of carbonyl (C=O) groups is 2. The summed E-state index contributed by atoms with van der Waals surface area (Å²) in [7, 11) is 0. The van der Waals surface area contributed by atoms with E-state index >= 15 is 0 Å². The molecule has 0 fully saturated rings. The molecule has 0 bridgehead atoms. The maximum absolute atomic E-state index is 13.8. The minimum Gasteiger partial charge on any atom is -0.327 e. The van der Waals surface area contributed by atoms with Gasteiger partial charge in [-0.3, -0.25) is 19.5 Å². The number of halogens is 2. The standard InChI is InChI=1S/C28H26ClFN4O2/c1-18(2)33(27(36)21-11-9-19(3)10-12-21)17-26(35)32-28-31-25(20-7-5-4-6-8-20)16-34(28)22-13-14-24(30)23(29)15-22/h4-16,18H,17H2,1-3H3,(H,31,32,35). The fraction of sp³-hybridized carbons (Fsp3) is 0.179. The van der Waals surface area contributed by atoms with Gasteiger partial charge in [0.2, 0.25) is 11.9 Å². The second-order valence-electron chi connectivity index (χ2n) is 8.73. The molecule has 0 aliphatic heterocycles. The minimum absolute atomic E-state index is 0.0468. The first-order valence-corrected chi connectivity index (χ1v) is 11.9. The van der Waals surface area contributed by atoms with Gasteiger partial charge in [-0.25, -0.2) is 9.37 Å². The molecule has 0 spiro atoms. The Balaban J connectivity index is 1.63. The molecule has 0 radical (unpaired) electrons. The highest BCUT2D eigenvalue weighted by Crippen LogP contribution is 2.26. The van der Waals surface area contributed by atoms with Gasteiger partial charge in [-0.2, -0.15) is 0 Å². The predicted octanol–water partition coefficient (Wildman–Crippen LogP) is 6.13. The molecular formula is C28H26ClFN4O2. The summed E-state index contributed by atoms with van der Waals surface area (Å²) in [6, 6.07) is 20.8. The van der Waals surface area contributed by atoms with E-state index < -0.39 is 11.7 Å². The lowest BCUT2D eigenvalue weighted by atomic mass is 10.1. The monoisotopic (exact) mass is 504 g/mol. The van der Waals surface area contributed by atoms with Crippen molar-refractivity contribution in [3.05, 3.63) is 101 Å². The summed E-state index contributed by atoms with van der Waals surface area (Å²) < 4.78 is 15.4. The summed E-state index contributed by atoms with van der Waals surface area (Å²) >= 11 is 6.01. The quantitative estimate of drug-likeness (QED) is 0.329. The topological polar surface area (TPSA) is 67.2 Å². The largest absolute Gasteiger partial charge is 0.327 e. The van der Waals surface area contributed by atoms with E-state index in [0.29, 0.717) is 16.9 Å². The van der Waals surface area contributed by atoms with Crippen molar-refractivity contribution in [3.63, 3.8) is 0 Å². The molecule has 0 saturated carbocycles. The molecule has 3 aromatic carbocycles. The van der Waals surface area contributed by atoms with E-state index in [1.54, 1.807) is 29.0 Å². The van der Waals surface area contributed by atoms with E-state index in [2.05, 4.69) is 10.3 Å². The second kappa shape index (κ2) is 10.7. The van der Waals surface area contributed by atoms with Crippen molar-refractivity contribution in [2.45, 2.75) is 26.8 Å². The first-order valence-electron chi connectivity index (χ1n) is 11.5. The van der Waals surface area contributed by atoms with Crippen LogP contribution in [0.15, 0.2) is 79.0 Å². The fourth-order valence-corrected chi connectivity index (χ4v) is 3.89. The third-order valence-electron chi connectivity index (χ3n) is 5.70. The first kappa shape index (κ1) is 25.1. The molecule has 2 amide bonds. The summed E-state index contributed by atoms with van der Waals surface area (Å²) in [4.78, 5) is 32.3. The van der Waals surface area contributed by atoms with Crippen LogP contribution in [-0.2, 0) is 4.79 Å². The lowest BCUT2D eigenvalue weighted by Crippen LogP contribution is -2.42. The molecular weight excluding hydrogens is 479 g/mol. The van der Waals surface area contributed by atoms with Crippen LogP contribution in [-0.4, -0.2) is 38.9 Å². The number of hydrogen-bond acceptors (Lipinski definition) is 3. The Labute approximate surface area is 214 Å². The zero-order valence-electron chi connectivity index (χ0n) is 20.2. The second-order valence-corrected chi connectivity index (χ2v) is 9.13. The zero-order valence-corrected chi connectivity index (χ0v) is 21.0. The highest BCUT2D eigenvalue weighted by Gasteiger charge is 2.23. The minimum atomic E-state index is -0.545. The molecule has 1 aromatic heterocycles. The number of anilines is 1. The summed E-state index contributed by atoms with van der Waals surface area (Å²) in [5, 5.41) is 2.77. The van der Waals surface area contributed by atoms with Crippen LogP contribution in [0.5, 0.6) is 0 Å². The number of hydrogen-bond donors (Lipinski definition) is 1. The van der Waals surface area contributed by atoms with Gasteiger partial charge < -0.3 is 4.90 Å². The lowest BCUT2D eigenvalue weighted by molar-refractivity contribution is -0.117. The Hall–Kier alpha value is -3.97. The SMILES string of the molecule is Cc1ccc(C(=O)N(CC(=O)Nc2nc(-c3ccccc3)cn2-c2ccc(F)c(Cl)c2)C(C)C)cc1. The molecule has 0 unspecified atom stereocenters. The van der Waals surface area contributed by atoms with E-state index in [4.69, 9.17) is 11.6 Å². The lowest BCUT2D eigenvalue weighted by Gasteiger charge is -2.26. The molecule has 1 N–H and O–H groups in total. The summed E-state index contributed by atoms with van der Waals surface area (Å²) in [5.41, 5.74) is 3.54. The molecule has 4 aromatic rings. The number of nitrogens with zero attached hydrogens (tertiary/aromatic N) is 3. The number of amides is 2. The van der Waals surface area contributed by atoms with Crippen LogP contribution in [0, 0.1) is 12.7 Å². The van der Waals surface area contributed by atoms with E-state index in [0.717, 1.165) is 11.1 Å². The van der Waals surface area contributed by atoms with Gasteiger partial charge in [-0.15, -0.1) is 0 Å². The van der Waals surface area contributed by atoms with Gasteiger partial charge >= 0.3 is 0 Å². The van der Waals surface area contributed by atoms with Crippen molar-refractivity contribution in [2.24, 2.45) is 0 Å². The van der Waals surface area contributed by atoms with Gasteiger partial charge in [-0.05, 0) is 51.1 Å². The molecule has 0 aliphatic carbocycles.